The third kappa shape index (κ3) is 4.75. The van der Waals surface area contributed by atoms with E-state index in [2.05, 4.69) is 36.3 Å². The summed E-state index contributed by atoms with van der Waals surface area (Å²) in [5, 5.41) is 5.43. The van der Waals surface area contributed by atoms with E-state index in [0.717, 1.165) is 23.1 Å². The van der Waals surface area contributed by atoms with Crippen LogP contribution in [-0.4, -0.2) is 22.0 Å². The molecule has 0 atom stereocenters. The summed E-state index contributed by atoms with van der Waals surface area (Å²) < 4.78 is 1.39. The highest BCUT2D eigenvalue weighted by Gasteiger charge is 2.15. The monoisotopic (exact) mass is 431 g/mol. The van der Waals surface area contributed by atoms with Crippen molar-refractivity contribution in [3.8, 4) is 11.1 Å². The van der Waals surface area contributed by atoms with Crippen molar-refractivity contribution in [1.82, 2.24) is 14.9 Å². The van der Waals surface area contributed by atoms with E-state index in [9.17, 15) is 9.59 Å². The largest absolute Gasteiger partial charge is 0.354 e. The Kier molecular flexibility index (Phi) is 6.28. The predicted octanol–water partition coefficient (Wildman–Crippen LogP) is 4.61. The number of hydrogen-bond acceptors (Lipinski definition) is 4. The lowest BCUT2D eigenvalue weighted by atomic mass is 9.99. The fourth-order valence-electron chi connectivity index (χ4n) is 3.54. The van der Waals surface area contributed by atoms with Crippen LogP contribution in [0.3, 0.4) is 0 Å². The maximum atomic E-state index is 13.1. The predicted molar refractivity (Wildman–Crippen MR) is 127 cm³/mol. The first kappa shape index (κ1) is 21.0. The average molecular weight is 432 g/mol. The van der Waals surface area contributed by atoms with Gasteiger partial charge < -0.3 is 5.32 Å². The number of thiophene rings is 1. The quantitative estimate of drug-likeness (QED) is 0.465. The Bertz CT molecular complexity index is 1240. The van der Waals surface area contributed by atoms with Gasteiger partial charge in [0, 0.05) is 17.5 Å². The SMILES string of the molecule is CC(C)c1ccc(-c2csc3ncn(CC(=O)NCCc4ccccc4)c(=O)c23)cc1. The van der Waals surface area contributed by atoms with Crippen molar-refractivity contribution >= 4 is 27.5 Å². The molecule has 1 N–H and O–H groups in total. The fourth-order valence-corrected chi connectivity index (χ4v) is 4.45. The van der Waals surface area contributed by atoms with E-state index in [1.54, 1.807) is 0 Å². The second-order valence-corrected chi connectivity index (χ2v) is 8.73. The van der Waals surface area contributed by atoms with Gasteiger partial charge in [-0.05, 0) is 29.0 Å². The molecule has 0 aliphatic heterocycles. The summed E-state index contributed by atoms with van der Waals surface area (Å²) in [5.41, 5.74) is 4.08. The van der Waals surface area contributed by atoms with E-state index in [1.807, 2.05) is 47.8 Å². The molecular weight excluding hydrogens is 406 g/mol. The summed E-state index contributed by atoms with van der Waals surface area (Å²) in [6, 6.07) is 18.3. The molecule has 1 amide bonds. The lowest BCUT2D eigenvalue weighted by Gasteiger charge is -2.09. The maximum absolute atomic E-state index is 13.1. The lowest BCUT2D eigenvalue weighted by Crippen LogP contribution is -2.33. The highest BCUT2D eigenvalue weighted by Crippen LogP contribution is 2.31. The Morgan fingerprint density at radius 1 is 1.10 bits per heavy atom. The number of nitrogens with one attached hydrogen (secondary N) is 1. The van der Waals surface area contributed by atoms with Crippen LogP contribution in [0.15, 0.2) is 71.1 Å². The van der Waals surface area contributed by atoms with E-state index in [-0.39, 0.29) is 18.0 Å². The van der Waals surface area contributed by atoms with Crippen LogP contribution in [0.4, 0.5) is 0 Å². The number of carbonyl (C=O) groups is 1. The fraction of sp³-hybridized carbons (Fsp3) is 0.240. The van der Waals surface area contributed by atoms with Crippen molar-refractivity contribution in [3.63, 3.8) is 0 Å². The van der Waals surface area contributed by atoms with Crippen LogP contribution in [0.2, 0.25) is 0 Å². The Morgan fingerprint density at radius 3 is 2.55 bits per heavy atom. The molecule has 0 aliphatic carbocycles. The van der Waals surface area contributed by atoms with Crippen LogP contribution in [0.5, 0.6) is 0 Å². The molecule has 5 nitrogen and oxygen atoms in total. The smallest absolute Gasteiger partial charge is 0.263 e. The minimum Gasteiger partial charge on any atom is -0.354 e. The van der Waals surface area contributed by atoms with Crippen molar-refractivity contribution in [3.05, 3.63) is 87.8 Å². The topological polar surface area (TPSA) is 64.0 Å². The number of rotatable bonds is 7. The van der Waals surface area contributed by atoms with E-state index >= 15 is 0 Å². The van der Waals surface area contributed by atoms with Crippen LogP contribution < -0.4 is 10.9 Å². The second-order valence-electron chi connectivity index (χ2n) is 7.87. The van der Waals surface area contributed by atoms with Gasteiger partial charge in [-0.25, -0.2) is 4.98 Å². The van der Waals surface area contributed by atoms with Crippen LogP contribution in [0, 0.1) is 0 Å². The Labute approximate surface area is 185 Å². The Morgan fingerprint density at radius 2 is 1.84 bits per heavy atom. The number of amides is 1. The summed E-state index contributed by atoms with van der Waals surface area (Å²) in [4.78, 5) is 30.6. The third-order valence-corrected chi connectivity index (χ3v) is 6.23. The molecular formula is C25H25N3O2S. The van der Waals surface area contributed by atoms with Crippen molar-refractivity contribution in [2.75, 3.05) is 6.54 Å². The third-order valence-electron chi connectivity index (χ3n) is 5.34. The Balaban J connectivity index is 1.51. The number of carbonyl (C=O) groups excluding carboxylic acids is 1. The van der Waals surface area contributed by atoms with Gasteiger partial charge in [0.25, 0.3) is 5.56 Å². The zero-order valence-corrected chi connectivity index (χ0v) is 18.5. The first-order valence-corrected chi connectivity index (χ1v) is 11.3. The van der Waals surface area contributed by atoms with Crippen molar-refractivity contribution in [1.29, 1.82) is 0 Å². The van der Waals surface area contributed by atoms with Crippen molar-refractivity contribution in [2.45, 2.75) is 32.7 Å². The molecule has 2 heterocycles. The molecule has 0 saturated carbocycles. The molecule has 0 radical (unpaired) electrons. The maximum Gasteiger partial charge on any atom is 0.263 e. The van der Waals surface area contributed by atoms with E-state index in [0.29, 0.717) is 22.7 Å². The van der Waals surface area contributed by atoms with Crippen LogP contribution in [0.25, 0.3) is 21.3 Å². The minimum atomic E-state index is -0.197. The van der Waals surface area contributed by atoms with Crippen LogP contribution in [0.1, 0.15) is 30.9 Å². The average Bonchev–Trinajstić information content (AvgIpc) is 3.21. The molecule has 0 aliphatic rings. The summed E-state index contributed by atoms with van der Waals surface area (Å²) in [7, 11) is 0. The standard InChI is InChI=1S/C25H25N3O2S/c1-17(2)19-8-10-20(11-9-19)21-15-31-24-23(21)25(30)28(16-27-24)14-22(29)26-13-12-18-6-4-3-5-7-18/h3-11,15-17H,12-14H2,1-2H3,(H,26,29). The number of hydrogen-bond donors (Lipinski definition) is 1. The number of benzene rings is 2. The van der Waals surface area contributed by atoms with Gasteiger partial charge in [0.15, 0.2) is 0 Å². The van der Waals surface area contributed by atoms with Crippen molar-refractivity contribution in [2.24, 2.45) is 0 Å². The number of fused-ring (bicyclic) bond motifs is 1. The van der Waals surface area contributed by atoms with Crippen LogP contribution in [-0.2, 0) is 17.8 Å². The first-order chi connectivity index (χ1) is 15.0. The van der Waals surface area contributed by atoms with Crippen molar-refractivity contribution < 1.29 is 4.79 Å². The number of nitrogens with zero attached hydrogens (tertiary/aromatic N) is 2. The van der Waals surface area contributed by atoms with Gasteiger partial charge >= 0.3 is 0 Å². The van der Waals surface area contributed by atoms with Gasteiger partial charge in [-0.1, -0.05) is 68.4 Å². The molecule has 4 aromatic rings. The molecule has 0 unspecified atom stereocenters. The van der Waals surface area contributed by atoms with Gasteiger partial charge in [-0.3, -0.25) is 14.2 Å². The van der Waals surface area contributed by atoms with Gasteiger partial charge in [-0.2, -0.15) is 0 Å². The zero-order chi connectivity index (χ0) is 21.8. The zero-order valence-electron chi connectivity index (χ0n) is 17.7. The summed E-state index contributed by atoms with van der Waals surface area (Å²) in [6.45, 7) is 4.79. The van der Waals surface area contributed by atoms with Gasteiger partial charge in [0.1, 0.15) is 11.4 Å². The van der Waals surface area contributed by atoms with Crippen LogP contribution >= 0.6 is 11.3 Å². The molecule has 31 heavy (non-hydrogen) atoms. The Hall–Kier alpha value is -3.25. The first-order valence-electron chi connectivity index (χ1n) is 10.4. The van der Waals surface area contributed by atoms with E-state index < -0.39 is 0 Å². The molecule has 158 valence electrons. The van der Waals surface area contributed by atoms with Gasteiger partial charge in [0.2, 0.25) is 5.91 Å². The molecule has 0 saturated heterocycles. The molecule has 0 bridgehead atoms. The van der Waals surface area contributed by atoms with Gasteiger partial charge in [-0.15, -0.1) is 11.3 Å². The van der Waals surface area contributed by atoms with E-state index in [1.165, 1.54) is 27.8 Å². The molecule has 2 aromatic heterocycles. The summed E-state index contributed by atoms with van der Waals surface area (Å²) in [6.07, 6.45) is 2.21. The summed E-state index contributed by atoms with van der Waals surface area (Å²) in [5.74, 6) is 0.254. The molecule has 4 rings (SSSR count). The molecule has 0 spiro atoms. The lowest BCUT2D eigenvalue weighted by molar-refractivity contribution is -0.121. The molecule has 0 fully saturated rings. The highest BCUT2D eigenvalue weighted by atomic mass is 32.1. The van der Waals surface area contributed by atoms with E-state index in [4.69, 9.17) is 0 Å². The summed E-state index contributed by atoms with van der Waals surface area (Å²) >= 11 is 1.45. The second kappa shape index (κ2) is 9.27. The van der Waals surface area contributed by atoms with Gasteiger partial charge in [0.05, 0.1) is 11.7 Å². The minimum absolute atomic E-state index is 0.0435. The number of aromatic nitrogens is 2. The normalized spacial score (nSPS) is 11.2. The highest BCUT2D eigenvalue weighted by molar-refractivity contribution is 7.17. The molecule has 6 heteroatoms. The molecule has 2 aromatic carbocycles.